The van der Waals surface area contributed by atoms with Crippen molar-refractivity contribution in [3.05, 3.63) is 106 Å². The van der Waals surface area contributed by atoms with Gasteiger partial charge in [-0.15, -0.1) is 0 Å². The van der Waals surface area contributed by atoms with Crippen molar-refractivity contribution in [3.8, 4) is 22.3 Å². The molecule has 0 aliphatic heterocycles. The predicted octanol–water partition coefficient (Wildman–Crippen LogP) is 9.60. The summed E-state index contributed by atoms with van der Waals surface area (Å²) in [6, 6.07) is 8.70. The molecular weight excluding hydrogens is 552 g/mol. The van der Waals surface area contributed by atoms with Gasteiger partial charge in [0.05, 0.1) is 5.56 Å². The maximum Gasteiger partial charge on any atom is 0.422 e. The van der Waals surface area contributed by atoms with E-state index in [1.807, 2.05) is 0 Å². The van der Waals surface area contributed by atoms with Gasteiger partial charge in [-0.3, -0.25) is 0 Å². The molecule has 0 heterocycles. The fourth-order valence-corrected chi connectivity index (χ4v) is 4.58. The molecule has 0 bridgehead atoms. The van der Waals surface area contributed by atoms with Gasteiger partial charge in [0.15, 0.2) is 46.5 Å². The Hall–Kier alpha value is -4.22. The lowest BCUT2D eigenvalue weighted by Crippen LogP contribution is -2.16. The molecule has 0 aliphatic rings. The lowest BCUT2D eigenvalue weighted by molar-refractivity contribution is -0.143. The van der Waals surface area contributed by atoms with Crippen molar-refractivity contribution >= 4 is 21.5 Å². The minimum atomic E-state index is -5.93. The average molecular weight is 560 g/mol. The molecule has 0 unspecified atom stereocenters. The van der Waals surface area contributed by atoms with E-state index < -0.39 is 102 Å². The summed E-state index contributed by atoms with van der Waals surface area (Å²) in [5.74, 6) is -21.6. The molecule has 5 aromatic rings. The number of halogens is 12. The van der Waals surface area contributed by atoms with Gasteiger partial charge in [0.25, 0.3) is 0 Å². The van der Waals surface area contributed by atoms with Crippen LogP contribution >= 0.6 is 0 Å². The summed E-state index contributed by atoms with van der Waals surface area (Å²) in [5, 5.41) is -3.87. The molecule has 0 saturated heterocycles. The lowest BCUT2D eigenvalue weighted by atomic mass is 9.84. The smallest absolute Gasteiger partial charge is 0.207 e. The van der Waals surface area contributed by atoms with Gasteiger partial charge in [0.1, 0.15) is 11.4 Å². The molecule has 0 saturated carbocycles. The Morgan fingerprint density at radius 1 is 0.436 bits per heavy atom. The summed E-state index contributed by atoms with van der Waals surface area (Å²) < 4.78 is 173. The minimum absolute atomic E-state index is 0.0558. The van der Waals surface area contributed by atoms with Crippen molar-refractivity contribution < 1.29 is 52.7 Å². The van der Waals surface area contributed by atoms with E-state index in [2.05, 4.69) is 0 Å². The first-order valence-corrected chi connectivity index (χ1v) is 10.7. The van der Waals surface area contributed by atoms with E-state index >= 15 is 17.6 Å². The Labute approximate surface area is 209 Å². The van der Waals surface area contributed by atoms with Gasteiger partial charge < -0.3 is 0 Å². The van der Waals surface area contributed by atoms with Crippen LogP contribution in [0.2, 0.25) is 0 Å². The molecule has 0 atom stereocenters. The summed E-state index contributed by atoms with van der Waals surface area (Å²) in [6.07, 6.45) is -5.93. The van der Waals surface area contributed by atoms with Crippen molar-refractivity contribution in [1.29, 1.82) is 0 Å². The maximum atomic E-state index is 15.4. The molecule has 0 radical (unpaired) electrons. The summed E-state index contributed by atoms with van der Waals surface area (Å²) in [6.45, 7) is 0. The zero-order valence-corrected chi connectivity index (χ0v) is 18.7. The van der Waals surface area contributed by atoms with E-state index in [0.717, 1.165) is 0 Å². The second-order valence-electron chi connectivity index (χ2n) is 8.32. The zero-order chi connectivity index (χ0) is 28.5. The van der Waals surface area contributed by atoms with E-state index in [4.69, 9.17) is 0 Å². The van der Waals surface area contributed by atoms with E-state index in [-0.39, 0.29) is 5.56 Å². The highest BCUT2D eigenvalue weighted by Gasteiger charge is 2.43. The van der Waals surface area contributed by atoms with Crippen LogP contribution in [-0.2, 0) is 6.18 Å². The quantitative estimate of drug-likeness (QED) is 0.0873. The van der Waals surface area contributed by atoms with Gasteiger partial charge in [-0.25, -0.2) is 39.5 Å². The minimum Gasteiger partial charge on any atom is -0.207 e. The van der Waals surface area contributed by atoms with Crippen LogP contribution < -0.4 is 0 Å². The largest absolute Gasteiger partial charge is 0.422 e. The summed E-state index contributed by atoms with van der Waals surface area (Å²) in [4.78, 5) is 0. The predicted molar refractivity (Wildman–Crippen MR) is 117 cm³/mol. The number of hydrogen-bond acceptors (Lipinski definition) is 0. The Bertz CT molecular complexity index is 1790. The number of fused-ring (bicyclic) bond motifs is 2. The van der Waals surface area contributed by atoms with Crippen molar-refractivity contribution in [3.63, 3.8) is 0 Å². The highest BCUT2D eigenvalue weighted by molar-refractivity contribution is 6.21. The van der Waals surface area contributed by atoms with Gasteiger partial charge in [-0.1, -0.05) is 36.4 Å². The average Bonchev–Trinajstić information content (AvgIpc) is 2.88. The van der Waals surface area contributed by atoms with Crippen LogP contribution in [0.5, 0.6) is 0 Å². The molecule has 0 spiro atoms. The molecular formula is C27H8F12. The molecule has 0 amide bonds. The zero-order valence-electron chi connectivity index (χ0n) is 18.7. The first-order chi connectivity index (χ1) is 18.3. The maximum absolute atomic E-state index is 15.4. The van der Waals surface area contributed by atoms with Crippen LogP contribution in [0, 0.1) is 52.4 Å². The second-order valence-corrected chi connectivity index (χ2v) is 8.32. The standard InChI is InChI=1S/C27H8F12/c28-10-6-7-11-12(8-10)13(9-4-2-1-3-5-9)15-16(20(30)26(36)25(35)19(15)29)14(11)17-21(31)23(33)18(27(37,38)39)24(34)22(17)32/h1-8H. The molecule has 0 aromatic heterocycles. The summed E-state index contributed by atoms with van der Waals surface area (Å²) in [5.41, 5.74) is -6.88. The molecule has 39 heavy (non-hydrogen) atoms. The topological polar surface area (TPSA) is 0 Å². The van der Waals surface area contributed by atoms with Crippen LogP contribution in [-0.4, -0.2) is 0 Å². The molecule has 12 heteroatoms. The van der Waals surface area contributed by atoms with E-state index in [1.54, 1.807) is 0 Å². The molecule has 5 aromatic carbocycles. The number of hydrogen-bond donors (Lipinski definition) is 0. The van der Waals surface area contributed by atoms with Gasteiger partial charge >= 0.3 is 6.18 Å². The third kappa shape index (κ3) is 3.80. The van der Waals surface area contributed by atoms with Crippen LogP contribution in [0.15, 0.2) is 48.5 Å². The Morgan fingerprint density at radius 3 is 1.46 bits per heavy atom. The highest BCUT2D eigenvalue weighted by Crippen LogP contribution is 2.49. The van der Waals surface area contributed by atoms with Crippen LogP contribution in [0.3, 0.4) is 0 Å². The first kappa shape index (κ1) is 26.4. The first-order valence-electron chi connectivity index (χ1n) is 10.7. The highest BCUT2D eigenvalue weighted by atomic mass is 19.4. The van der Waals surface area contributed by atoms with Gasteiger partial charge in [-0.05, 0) is 28.5 Å². The molecule has 0 fully saturated rings. The van der Waals surface area contributed by atoms with E-state index in [9.17, 15) is 35.1 Å². The Morgan fingerprint density at radius 2 is 0.949 bits per heavy atom. The fraction of sp³-hybridized carbons (Fsp3) is 0.0370. The van der Waals surface area contributed by atoms with Crippen LogP contribution in [0.1, 0.15) is 5.56 Å². The van der Waals surface area contributed by atoms with Crippen LogP contribution in [0.25, 0.3) is 43.8 Å². The molecule has 0 nitrogen and oxygen atoms in total. The summed E-state index contributed by atoms with van der Waals surface area (Å²) >= 11 is 0. The Kier molecular flexibility index (Phi) is 6.04. The molecule has 200 valence electrons. The monoisotopic (exact) mass is 560 g/mol. The third-order valence-electron chi connectivity index (χ3n) is 6.15. The van der Waals surface area contributed by atoms with Crippen LogP contribution in [0.4, 0.5) is 52.7 Å². The number of benzene rings is 5. The fourth-order valence-electron chi connectivity index (χ4n) is 4.58. The normalized spacial score (nSPS) is 12.1. The SMILES string of the molecule is Fc1ccc2c(-c3c(F)c(F)c(C(F)(F)F)c(F)c3F)c3c(F)c(F)c(F)c(F)c3c(-c3ccccc3)c2c1. The molecule has 0 aliphatic carbocycles. The number of rotatable bonds is 2. The van der Waals surface area contributed by atoms with Crippen molar-refractivity contribution in [1.82, 2.24) is 0 Å². The lowest BCUT2D eigenvalue weighted by Gasteiger charge is -2.21. The molecule has 0 N–H and O–H groups in total. The summed E-state index contributed by atoms with van der Waals surface area (Å²) in [7, 11) is 0. The third-order valence-corrected chi connectivity index (χ3v) is 6.15. The molecule has 5 rings (SSSR count). The van der Waals surface area contributed by atoms with Gasteiger partial charge in [-0.2, -0.15) is 13.2 Å². The van der Waals surface area contributed by atoms with Crippen molar-refractivity contribution in [2.24, 2.45) is 0 Å². The van der Waals surface area contributed by atoms with Gasteiger partial charge in [0, 0.05) is 21.9 Å². The van der Waals surface area contributed by atoms with Gasteiger partial charge in [0.2, 0.25) is 0 Å². The van der Waals surface area contributed by atoms with Crippen molar-refractivity contribution in [2.45, 2.75) is 6.18 Å². The van der Waals surface area contributed by atoms with Crippen molar-refractivity contribution in [2.75, 3.05) is 0 Å². The number of alkyl halides is 3. The Balaban J connectivity index is 2.16. The van der Waals surface area contributed by atoms with E-state index in [1.165, 1.54) is 30.3 Å². The van der Waals surface area contributed by atoms with E-state index in [0.29, 0.717) is 18.2 Å². The second kappa shape index (κ2) is 8.92.